The van der Waals surface area contributed by atoms with Gasteiger partial charge in [-0.25, -0.2) is 8.42 Å². The number of benzene rings is 3. The number of ether oxygens (including phenoxy) is 2. The average Bonchev–Trinajstić information content (AvgIpc) is 2.82. The lowest BCUT2D eigenvalue weighted by atomic mass is 10.0. The molecule has 0 aromatic heterocycles. The van der Waals surface area contributed by atoms with Crippen LogP contribution in [0.5, 0.6) is 11.5 Å². The Morgan fingerprint density at radius 3 is 2.38 bits per heavy atom. The Kier molecular flexibility index (Phi) is 6.79. The topological polar surface area (TPSA) is 84.9 Å². The molecule has 0 saturated heterocycles. The second kappa shape index (κ2) is 9.77. The summed E-state index contributed by atoms with van der Waals surface area (Å²) in [5, 5.41) is 2.94. The molecule has 34 heavy (non-hydrogen) atoms. The molecule has 0 bridgehead atoms. The summed E-state index contributed by atoms with van der Waals surface area (Å²) in [4.78, 5) is 13.2. The van der Waals surface area contributed by atoms with E-state index in [1.807, 2.05) is 32.9 Å². The van der Waals surface area contributed by atoms with E-state index in [1.165, 1.54) is 12.1 Å². The van der Waals surface area contributed by atoms with Gasteiger partial charge in [0.05, 0.1) is 16.6 Å². The standard InChI is InChI=1S/C26H28N2O5S/c1-18-9-11-23(19(2)15-18)20(3)27-26(29)17-28(34(30,31)22-7-5-4-6-8-22)21-10-12-24-25(16-21)33-14-13-32-24/h4-12,15-16,20H,13-14,17H2,1-3H3,(H,27,29)/t20-/m0/s1. The molecule has 7 nitrogen and oxygen atoms in total. The van der Waals surface area contributed by atoms with Crippen molar-refractivity contribution in [2.24, 2.45) is 0 Å². The molecule has 0 unspecified atom stereocenters. The van der Waals surface area contributed by atoms with E-state index in [-0.39, 0.29) is 17.5 Å². The molecule has 0 fully saturated rings. The van der Waals surface area contributed by atoms with Crippen LogP contribution in [0.25, 0.3) is 0 Å². The molecule has 0 saturated carbocycles. The number of fused-ring (bicyclic) bond motifs is 1. The molecule has 0 aliphatic carbocycles. The van der Waals surface area contributed by atoms with Crippen molar-refractivity contribution in [3.63, 3.8) is 0 Å². The summed E-state index contributed by atoms with van der Waals surface area (Å²) in [6.45, 7) is 6.31. The molecule has 1 heterocycles. The quantitative estimate of drug-likeness (QED) is 0.549. The molecule has 0 radical (unpaired) electrons. The third-order valence-electron chi connectivity index (χ3n) is 5.70. The van der Waals surface area contributed by atoms with Gasteiger partial charge in [0, 0.05) is 6.07 Å². The van der Waals surface area contributed by atoms with Crippen LogP contribution in [0, 0.1) is 13.8 Å². The van der Waals surface area contributed by atoms with Gasteiger partial charge in [-0.3, -0.25) is 9.10 Å². The van der Waals surface area contributed by atoms with Gasteiger partial charge in [0.15, 0.2) is 11.5 Å². The molecule has 3 aromatic carbocycles. The summed E-state index contributed by atoms with van der Waals surface area (Å²) in [7, 11) is -4.01. The fourth-order valence-electron chi connectivity index (χ4n) is 4.03. The molecule has 4 rings (SSSR count). The Morgan fingerprint density at radius 1 is 0.971 bits per heavy atom. The molecule has 1 N–H and O–H groups in total. The average molecular weight is 481 g/mol. The molecular formula is C26H28N2O5S. The number of sulfonamides is 1. The Labute approximate surface area is 200 Å². The maximum Gasteiger partial charge on any atom is 0.264 e. The summed E-state index contributed by atoms with van der Waals surface area (Å²) < 4.78 is 39.4. The van der Waals surface area contributed by atoms with Crippen LogP contribution >= 0.6 is 0 Å². The third kappa shape index (κ3) is 5.02. The fourth-order valence-corrected chi connectivity index (χ4v) is 5.46. The van der Waals surface area contributed by atoms with Gasteiger partial charge >= 0.3 is 0 Å². The lowest BCUT2D eigenvalue weighted by molar-refractivity contribution is -0.120. The summed E-state index contributed by atoms with van der Waals surface area (Å²) >= 11 is 0. The molecule has 1 amide bonds. The number of nitrogens with zero attached hydrogens (tertiary/aromatic N) is 1. The van der Waals surface area contributed by atoms with Gasteiger partial charge in [0.1, 0.15) is 19.8 Å². The van der Waals surface area contributed by atoms with E-state index in [0.717, 1.165) is 21.0 Å². The number of hydrogen-bond acceptors (Lipinski definition) is 5. The zero-order valence-electron chi connectivity index (χ0n) is 19.4. The highest BCUT2D eigenvalue weighted by atomic mass is 32.2. The van der Waals surface area contributed by atoms with Crippen molar-refractivity contribution in [2.75, 3.05) is 24.1 Å². The summed E-state index contributed by atoms with van der Waals surface area (Å²) in [6.07, 6.45) is 0. The molecule has 178 valence electrons. The van der Waals surface area contributed by atoms with Crippen molar-refractivity contribution in [3.05, 3.63) is 83.4 Å². The van der Waals surface area contributed by atoms with Gasteiger partial charge in [0.2, 0.25) is 5.91 Å². The van der Waals surface area contributed by atoms with E-state index < -0.39 is 15.9 Å². The highest BCUT2D eigenvalue weighted by molar-refractivity contribution is 7.92. The van der Waals surface area contributed by atoms with E-state index >= 15 is 0 Å². The highest BCUT2D eigenvalue weighted by Crippen LogP contribution is 2.35. The highest BCUT2D eigenvalue weighted by Gasteiger charge is 2.29. The SMILES string of the molecule is Cc1ccc([C@H](C)NC(=O)CN(c2ccc3c(c2)OCCO3)S(=O)(=O)c2ccccc2)c(C)c1. The summed E-state index contributed by atoms with van der Waals surface area (Å²) in [5.41, 5.74) is 3.50. The van der Waals surface area contributed by atoms with Crippen LogP contribution in [0.4, 0.5) is 5.69 Å². The van der Waals surface area contributed by atoms with Gasteiger partial charge in [-0.2, -0.15) is 0 Å². The minimum Gasteiger partial charge on any atom is -0.486 e. The fraction of sp³-hybridized carbons (Fsp3) is 0.269. The molecule has 1 atom stereocenters. The molecular weight excluding hydrogens is 452 g/mol. The Balaban J connectivity index is 1.64. The first-order valence-electron chi connectivity index (χ1n) is 11.1. The molecule has 1 aliphatic heterocycles. The van der Waals surface area contributed by atoms with Gasteiger partial charge in [-0.05, 0) is 56.2 Å². The predicted molar refractivity (Wildman–Crippen MR) is 131 cm³/mol. The minimum absolute atomic E-state index is 0.0973. The van der Waals surface area contributed by atoms with Crippen LogP contribution in [0.15, 0.2) is 71.6 Å². The van der Waals surface area contributed by atoms with Crippen molar-refractivity contribution in [3.8, 4) is 11.5 Å². The van der Waals surface area contributed by atoms with Crippen molar-refractivity contribution in [2.45, 2.75) is 31.7 Å². The summed E-state index contributed by atoms with van der Waals surface area (Å²) in [5.74, 6) is 0.572. The maximum atomic E-state index is 13.6. The first kappa shape index (κ1) is 23.6. The number of carbonyl (C=O) groups is 1. The van der Waals surface area contributed by atoms with E-state index in [0.29, 0.717) is 30.4 Å². The number of amides is 1. The van der Waals surface area contributed by atoms with Gasteiger partial charge in [-0.1, -0.05) is 42.0 Å². The Bertz CT molecular complexity index is 1290. The summed E-state index contributed by atoms with van der Waals surface area (Å²) in [6, 6.07) is 18.7. The number of carbonyl (C=O) groups excluding carboxylic acids is 1. The largest absolute Gasteiger partial charge is 0.486 e. The normalized spacial score (nSPS) is 13.7. The van der Waals surface area contributed by atoms with Crippen LogP contribution in [-0.2, 0) is 14.8 Å². The first-order chi connectivity index (χ1) is 16.3. The Morgan fingerprint density at radius 2 is 1.68 bits per heavy atom. The second-order valence-electron chi connectivity index (χ2n) is 8.30. The monoisotopic (exact) mass is 480 g/mol. The van der Waals surface area contributed by atoms with Crippen LogP contribution in [-0.4, -0.2) is 34.1 Å². The Hall–Kier alpha value is -3.52. The number of rotatable bonds is 7. The predicted octanol–water partition coefficient (Wildman–Crippen LogP) is 4.15. The lowest BCUT2D eigenvalue weighted by Gasteiger charge is -2.27. The number of hydrogen-bond donors (Lipinski definition) is 1. The zero-order chi connectivity index (χ0) is 24.3. The number of anilines is 1. The lowest BCUT2D eigenvalue weighted by Crippen LogP contribution is -2.41. The van der Waals surface area contributed by atoms with Crippen LogP contribution in [0.1, 0.15) is 29.7 Å². The number of aryl methyl sites for hydroxylation is 2. The van der Waals surface area contributed by atoms with Gasteiger partial charge in [-0.15, -0.1) is 0 Å². The first-order valence-corrected chi connectivity index (χ1v) is 12.5. The van der Waals surface area contributed by atoms with E-state index in [9.17, 15) is 13.2 Å². The van der Waals surface area contributed by atoms with Crippen molar-refractivity contribution >= 4 is 21.6 Å². The molecule has 0 spiro atoms. The van der Waals surface area contributed by atoms with E-state index in [4.69, 9.17) is 9.47 Å². The minimum atomic E-state index is -4.01. The van der Waals surface area contributed by atoms with Crippen LogP contribution in [0.3, 0.4) is 0 Å². The number of nitrogens with one attached hydrogen (secondary N) is 1. The van der Waals surface area contributed by atoms with Gasteiger partial charge in [0.25, 0.3) is 10.0 Å². The van der Waals surface area contributed by atoms with Crippen molar-refractivity contribution in [1.29, 1.82) is 0 Å². The zero-order valence-corrected chi connectivity index (χ0v) is 20.3. The maximum absolute atomic E-state index is 13.6. The molecule has 3 aromatic rings. The third-order valence-corrected chi connectivity index (χ3v) is 7.49. The molecule has 1 aliphatic rings. The van der Waals surface area contributed by atoms with Gasteiger partial charge < -0.3 is 14.8 Å². The van der Waals surface area contributed by atoms with Crippen molar-refractivity contribution in [1.82, 2.24) is 5.32 Å². The van der Waals surface area contributed by atoms with E-state index in [2.05, 4.69) is 11.4 Å². The smallest absolute Gasteiger partial charge is 0.264 e. The van der Waals surface area contributed by atoms with E-state index in [1.54, 1.807) is 36.4 Å². The van der Waals surface area contributed by atoms with Crippen LogP contribution in [0.2, 0.25) is 0 Å². The van der Waals surface area contributed by atoms with Crippen LogP contribution < -0.4 is 19.1 Å². The second-order valence-corrected chi connectivity index (χ2v) is 10.2. The van der Waals surface area contributed by atoms with Crippen molar-refractivity contribution < 1.29 is 22.7 Å². The molecule has 8 heteroatoms.